The Morgan fingerprint density at radius 1 is 0.672 bits per heavy atom. The molecule has 3 fully saturated rings. The molecule has 0 aliphatic carbocycles. The van der Waals surface area contributed by atoms with Crippen LogP contribution in [0.25, 0.3) is 22.3 Å². The minimum Gasteiger partial charge on any atom is -0.453 e. The number of hydrogen-bond donors (Lipinski definition) is 4. The first-order valence-electron chi connectivity index (χ1n) is 23.9. The number of alkyl carbamates (subject to hydrolysis) is 2. The molecule has 0 unspecified atom stereocenters. The summed E-state index contributed by atoms with van der Waals surface area (Å²) < 4.78 is 9.64. The molecule has 0 spiro atoms. The van der Waals surface area contributed by atoms with Crippen LogP contribution in [0.3, 0.4) is 0 Å². The third-order valence-corrected chi connectivity index (χ3v) is 14.0. The van der Waals surface area contributed by atoms with Crippen LogP contribution in [0.2, 0.25) is 0 Å². The summed E-state index contributed by atoms with van der Waals surface area (Å²) in [6.07, 6.45) is 5.75. The van der Waals surface area contributed by atoms with Gasteiger partial charge in [0.1, 0.15) is 23.7 Å². The second-order valence-corrected chi connectivity index (χ2v) is 20.1. The SMILES string of the molecule is COC(=O)N[C@H](C(=O)N1CCC[C@H]1c1ncc(-c2ccc([C@@H]3CC[C@H](c4ccc5nc([C@@H]6CCCN6C(=O)[C@@H](NC(=O)OC)C(C)C)[nH]c5c4)N3c3ccc(C(C)(C)C)cc3)cc2)[nH]1)C(C)C. The second-order valence-electron chi connectivity index (χ2n) is 20.1. The Hall–Kier alpha value is -6.38. The lowest BCUT2D eigenvalue weighted by Crippen LogP contribution is -2.51. The highest BCUT2D eigenvalue weighted by Gasteiger charge is 2.40. The Kier molecular flexibility index (Phi) is 13.7. The molecule has 356 valence electrons. The number of anilines is 1. The van der Waals surface area contributed by atoms with Gasteiger partial charge >= 0.3 is 12.2 Å². The molecule has 0 bridgehead atoms. The number of nitrogens with zero attached hydrogens (tertiary/aromatic N) is 5. The molecule has 4 amide bonds. The minimum absolute atomic E-state index is 0.0188. The number of likely N-dealkylation sites (tertiary alicyclic amines) is 2. The number of imidazole rings is 2. The van der Waals surface area contributed by atoms with E-state index >= 15 is 0 Å². The van der Waals surface area contributed by atoms with E-state index < -0.39 is 24.3 Å². The monoisotopic (exact) mass is 914 g/mol. The van der Waals surface area contributed by atoms with Gasteiger partial charge in [0.2, 0.25) is 11.8 Å². The van der Waals surface area contributed by atoms with Gasteiger partial charge in [0.15, 0.2) is 0 Å². The van der Waals surface area contributed by atoms with Gasteiger partial charge in [0.05, 0.1) is 61.3 Å². The highest BCUT2D eigenvalue weighted by atomic mass is 16.5. The van der Waals surface area contributed by atoms with E-state index in [4.69, 9.17) is 19.4 Å². The Morgan fingerprint density at radius 2 is 1.21 bits per heavy atom. The summed E-state index contributed by atoms with van der Waals surface area (Å²) in [6.45, 7) is 15.6. The molecule has 0 radical (unpaired) electrons. The van der Waals surface area contributed by atoms with Crippen LogP contribution in [-0.4, -0.2) is 93.1 Å². The van der Waals surface area contributed by atoms with Crippen LogP contribution in [0.4, 0.5) is 15.3 Å². The Bertz CT molecular complexity index is 2560. The number of H-pyrrole nitrogens is 2. The van der Waals surface area contributed by atoms with Gasteiger partial charge in [-0.1, -0.05) is 90.9 Å². The van der Waals surface area contributed by atoms with Crippen LogP contribution in [0.15, 0.2) is 72.9 Å². The summed E-state index contributed by atoms with van der Waals surface area (Å²) in [4.78, 5) is 75.1. The van der Waals surface area contributed by atoms with Crippen LogP contribution < -0.4 is 15.5 Å². The molecule has 3 aliphatic heterocycles. The maximum Gasteiger partial charge on any atom is 0.407 e. The van der Waals surface area contributed by atoms with Crippen LogP contribution in [-0.2, 0) is 24.5 Å². The quantitative estimate of drug-likeness (QED) is 0.0950. The lowest BCUT2D eigenvalue weighted by atomic mass is 9.87. The molecule has 8 rings (SSSR count). The average molecular weight is 914 g/mol. The number of carbonyl (C=O) groups excluding carboxylic acids is 4. The van der Waals surface area contributed by atoms with Gasteiger partial charge in [-0.2, -0.15) is 0 Å². The van der Waals surface area contributed by atoms with Crippen LogP contribution in [0.5, 0.6) is 0 Å². The van der Waals surface area contributed by atoms with Crippen molar-refractivity contribution >= 4 is 40.7 Å². The van der Waals surface area contributed by atoms with E-state index in [9.17, 15) is 19.2 Å². The molecule has 3 saturated heterocycles. The van der Waals surface area contributed by atoms with Crippen molar-refractivity contribution in [3.05, 3.63) is 101 Å². The zero-order chi connectivity index (χ0) is 47.7. The summed E-state index contributed by atoms with van der Waals surface area (Å²) in [6, 6.07) is 22.6. The number of nitrogens with one attached hydrogen (secondary N) is 4. The molecule has 6 atom stereocenters. The zero-order valence-electron chi connectivity index (χ0n) is 40.4. The van der Waals surface area contributed by atoms with Crippen LogP contribution in [0.1, 0.15) is 139 Å². The molecule has 5 heterocycles. The predicted molar refractivity (Wildman–Crippen MR) is 258 cm³/mol. The lowest BCUT2D eigenvalue weighted by Gasteiger charge is -2.34. The summed E-state index contributed by atoms with van der Waals surface area (Å²) in [5, 5.41) is 5.47. The van der Waals surface area contributed by atoms with Crippen molar-refractivity contribution in [2.45, 2.75) is 129 Å². The summed E-state index contributed by atoms with van der Waals surface area (Å²) in [5.74, 6) is 0.988. The normalized spacial score (nSPS) is 20.7. The fourth-order valence-electron chi connectivity index (χ4n) is 10.3. The molecule has 15 nitrogen and oxygen atoms in total. The molecule has 0 saturated carbocycles. The van der Waals surface area contributed by atoms with E-state index in [-0.39, 0.29) is 53.2 Å². The largest absolute Gasteiger partial charge is 0.453 e. The average Bonchev–Trinajstić information content (AvgIpc) is 4.18. The molecule has 2 aromatic heterocycles. The Morgan fingerprint density at radius 3 is 1.75 bits per heavy atom. The molecule has 3 aliphatic rings. The molecule has 3 aromatic carbocycles. The Labute approximate surface area is 393 Å². The number of fused-ring (bicyclic) bond motifs is 1. The van der Waals surface area contributed by atoms with Gasteiger partial charge in [-0.25, -0.2) is 19.6 Å². The fraction of sp³-hybridized carbons (Fsp3) is 0.500. The van der Waals surface area contributed by atoms with Crippen molar-refractivity contribution in [2.24, 2.45) is 11.8 Å². The molecule has 15 heteroatoms. The lowest BCUT2D eigenvalue weighted by molar-refractivity contribution is -0.136. The van der Waals surface area contributed by atoms with E-state index in [2.05, 4.69) is 113 Å². The number of ether oxygens (including phenoxy) is 2. The maximum atomic E-state index is 13.9. The van der Waals surface area contributed by atoms with Crippen LogP contribution in [0, 0.1) is 11.8 Å². The molecular formula is C52H67N9O6. The molecule has 67 heavy (non-hydrogen) atoms. The van der Waals surface area contributed by atoms with Gasteiger partial charge in [-0.05, 0) is 102 Å². The number of methoxy groups -OCH3 is 2. The van der Waals surface area contributed by atoms with E-state index in [1.807, 2.05) is 43.7 Å². The van der Waals surface area contributed by atoms with E-state index in [1.165, 1.54) is 30.9 Å². The van der Waals surface area contributed by atoms with Gasteiger partial charge in [-0.3, -0.25) is 9.59 Å². The maximum absolute atomic E-state index is 13.9. The first kappa shape index (κ1) is 47.1. The topological polar surface area (TPSA) is 178 Å². The van der Waals surface area contributed by atoms with Gasteiger partial charge < -0.3 is 44.8 Å². The van der Waals surface area contributed by atoms with Crippen molar-refractivity contribution in [1.82, 2.24) is 40.4 Å². The Balaban J connectivity index is 1.04. The smallest absolute Gasteiger partial charge is 0.407 e. The standard InChI is InChI=1S/C52H67N9O6/c1-30(2)44(57-50(64)66-8)48(62)59-26-10-12-42(59)46-53-29-39(56-46)32-14-16-33(17-15-32)40-24-25-41(61(40)36-21-19-35(20-22-36)52(5,6)7)34-18-23-37-38(28-34)55-47(54-37)43-13-11-27-60(43)49(63)45(31(3)4)58-51(65)67-9/h14-23,28-31,40-45H,10-13,24-27H2,1-9H3,(H,53,56)(H,54,55)(H,57,64)(H,58,65)/t40-,41+,42-,43-,44-,45-/m0/s1. The van der Waals surface area contributed by atoms with Crippen molar-refractivity contribution in [3.8, 4) is 11.3 Å². The van der Waals surface area contributed by atoms with E-state index in [1.54, 1.807) is 0 Å². The highest BCUT2D eigenvalue weighted by Crippen LogP contribution is 2.48. The predicted octanol–water partition coefficient (Wildman–Crippen LogP) is 9.42. The van der Waals surface area contributed by atoms with Crippen molar-refractivity contribution in [2.75, 3.05) is 32.2 Å². The first-order valence-corrected chi connectivity index (χ1v) is 23.9. The van der Waals surface area contributed by atoms with Crippen molar-refractivity contribution in [3.63, 3.8) is 0 Å². The third kappa shape index (κ3) is 9.73. The van der Waals surface area contributed by atoms with Gasteiger partial charge in [-0.15, -0.1) is 0 Å². The van der Waals surface area contributed by atoms with Gasteiger partial charge in [0.25, 0.3) is 0 Å². The summed E-state index contributed by atoms with van der Waals surface area (Å²) in [5.41, 5.74) is 8.52. The summed E-state index contributed by atoms with van der Waals surface area (Å²) >= 11 is 0. The van der Waals surface area contributed by atoms with Crippen molar-refractivity contribution < 1.29 is 28.7 Å². The molecule has 5 aromatic rings. The molecular weight excluding hydrogens is 847 g/mol. The number of hydrogen-bond acceptors (Lipinski definition) is 9. The number of carbonyl (C=O) groups is 4. The van der Waals surface area contributed by atoms with Gasteiger partial charge in [0, 0.05) is 18.8 Å². The number of benzene rings is 3. The number of rotatable bonds is 12. The highest BCUT2D eigenvalue weighted by molar-refractivity contribution is 5.87. The number of amides is 4. The zero-order valence-corrected chi connectivity index (χ0v) is 40.4. The third-order valence-electron chi connectivity index (χ3n) is 14.0. The fourth-order valence-corrected chi connectivity index (χ4v) is 10.3. The molecule has 4 N–H and O–H groups in total. The minimum atomic E-state index is -0.702. The first-order chi connectivity index (χ1) is 32.1. The van der Waals surface area contributed by atoms with Crippen LogP contribution >= 0.6 is 0 Å². The number of aromatic nitrogens is 4. The summed E-state index contributed by atoms with van der Waals surface area (Å²) in [7, 11) is 2.60. The van der Waals surface area contributed by atoms with Crippen molar-refractivity contribution in [1.29, 1.82) is 0 Å². The second kappa shape index (κ2) is 19.5. The van der Waals surface area contributed by atoms with E-state index in [0.29, 0.717) is 13.1 Å². The van der Waals surface area contributed by atoms with E-state index in [0.717, 1.165) is 78.2 Å². The number of aromatic amines is 2.